The van der Waals surface area contributed by atoms with Crippen molar-refractivity contribution in [3.8, 4) is 10.6 Å². The van der Waals surface area contributed by atoms with Crippen LogP contribution in [0.5, 0.6) is 0 Å². The van der Waals surface area contributed by atoms with Crippen LogP contribution in [0, 0.1) is 0 Å². The molecule has 3 aromatic rings. The molecule has 1 amide bonds. The molecule has 1 aromatic carbocycles. The van der Waals surface area contributed by atoms with Crippen LogP contribution in [0.2, 0.25) is 0 Å². The van der Waals surface area contributed by atoms with Crippen LogP contribution in [-0.2, 0) is 29.1 Å². The van der Waals surface area contributed by atoms with Gasteiger partial charge in [-0.05, 0) is 12.6 Å². The van der Waals surface area contributed by atoms with E-state index >= 15 is 0 Å². The Hall–Kier alpha value is -2.24. The first-order valence-electron chi connectivity index (χ1n) is 10.1. The fraction of sp³-hybridized carbons (Fsp3) is 0.429. The molecule has 2 aromatic heterocycles. The minimum absolute atomic E-state index is 0.153. The topological polar surface area (TPSA) is 83.5 Å². The summed E-state index contributed by atoms with van der Waals surface area (Å²) < 4.78 is 5.02. The molecule has 1 fully saturated rings. The zero-order valence-corrected chi connectivity index (χ0v) is 19.3. The Morgan fingerprint density at radius 2 is 1.94 bits per heavy atom. The van der Waals surface area contributed by atoms with E-state index in [1.807, 2.05) is 5.38 Å². The summed E-state index contributed by atoms with van der Waals surface area (Å²) >= 11 is 2.86. The first-order chi connectivity index (χ1) is 15.1. The third-order valence-electron chi connectivity index (χ3n) is 5.08. The standard InChI is InChI=1S/C21H26N6O2S2/c1-26-7-9-27(10-8-26)12-15-3-5-16(6-4-15)20-22-17(14-30-20)11-18(28)23-21-25-24-19(31-21)13-29-2/h3-6,14H,7-13H2,1-2H3,(H,23,25,28). The Morgan fingerprint density at radius 1 is 1.16 bits per heavy atom. The average Bonchev–Trinajstić information content (AvgIpc) is 3.40. The summed E-state index contributed by atoms with van der Waals surface area (Å²) in [7, 11) is 3.77. The summed E-state index contributed by atoms with van der Waals surface area (Å²) in [6.45, 7) is 5.84. The predicted molar refractivity (Wildman–Crippen MR) is 123 cm³/mol. The molecule has 1 N–H and O–H groups in total. The van der Waals surface area contributed by atoms with Crippen molar-refractivity contribution in [1.29, 1.82) is 0 Å². The van der Waals surface area contributed by atoms with Gasteiger partial charge in [0.15, 0.2) is 0 Å². The number of anilines is 1. The number of rotatable bonds is 8. The number of aromatic nitrogens is 3. The monoisotopic (exact) mass is 458 g/mol. The van der Waals surface area contributed by atoms with Crippen molar-refractivity contribution in [2.75, 3.05) is 45.7 Å². The number of hydrogen-bond acceptors (Lipinski definition) is 9. The molecule has 1 aliphatic heterocycles. The fourth-order valence-electron chi connectivity index (χ4n) is 3.35. The van der Waals surface area contributed by atoms with E-state index in [9.17, 15) is 4.79 Å². The lowest BCUT2D eigenvalue weighted by atomic mass is 10.1. The summed E-state index contributed by atoms with van der Waals surface area (Å²) in [5, 5.41) is 14.8. The maximum absolute atomic E-state index is 12.3. The van der Waals surface area contributed by atoms with Crippen molar-refractivity contribution >= 4 is 33.7 Å². The molecular formula is C21H26N6O2S2. The number of benzene rings is 1. The molecule has 0 atom stereocenters. The third-order valence-corrected chi connectivity index (χ3v) is 6.83. The summed E-state index contributed by atoms with van der Waals surface area (Å²) in [5.41, 5.74) is 3.14. The van der Waals surface area contributed by atoms with Crippen molar-refractivity contribution < 1.29 is 9.53 Å². The summed E-state index contributed by atoms with van der Waals surface area (Å²) in [4.78, 5) is 21.8. The normalized spacial score (nSPS) is 15.3. The second kappa shape index (κ2) is 10.4. The van der Waals surface area contributed by atoms with Gasteiger partial charge in [0.2, 0.25) is 11.0 Å². The van der Waals surface area contributed by atoms with Gasteiger partial charge in [-0.3, -0.25) is 9.69 Å². The van der Waals surface area contributed by atoms with E-state index in [-0.39, 0.29) is 12.3 Å². The lowest BCUT2D eigenvalue weighted by Crippen LogP contribution is -2.43. The lowest BCUT2D eigenvalue weighted by Gasteiger charge is -2.32. The lowest BCUT2D eigenvalue weighted by molar-refractivity contribution is -0.115. The van der Waals surface area contributed by atoms with Gasteiger partial charge in [0.25, 0.3) is 0 Å². The number of hydrogen-bond donors (Lipinski definition) is 1. The molecule has 0 radical (unpaired) electrons. The smallest absolute Gasteiger partial charge is 0.232 e. The zero-order chi connectivity index (χ0) is 21.6. The van der Waals surface area contributed by atoms with E-state index in [4.69, 9.17) is 4.74 Å². The molecule has 10 heteroatoms. The molecule has 0 aliphatic carbocycles. The van der Waals surface area contributed by atoms with Gasteiger partial charge in [0.05, 0.1) is 12.1 Å². The minimum atomic E-state index is -0.153. The maximum Gasteiger partial charge on any atom is 0.232 e. The van der Waals surface area contributed by atoms with E-state index in [2.05, 4.69) is 61.6 Å². The fourth-order valence-corrected chi connectivity index (χ4v) is 4.91. The van der Waals surface area contributed by atoms with Gasteiger partial charge in [-0.25, -0.2) is 4.98 Å². The largest absolute Gasteiger partial charge is 0.377 e. The molecule has 1 aliphatic rings. The second-order valence-electron chi connectivity index (χ2n) is 7.58. The van der Waals surface area contributed by atoms with Crippen LogP contribution in [0.25, 0.3) is 10.6 Å². The Bertz CT molecular complexity index is 995. The SMILES string of the molecule is COCc1nnc(NC(=O)Cc2csc(-c3ccc(CN4CCN(C)CC4)cc3)n2)s1. The van der Waals surface area contributed by atoms with Crippen LogP contribution in [0.1, 0.15) is 16.3 Å². The molecule has 4 rings (SSSR count). The van der Waals surface area contributed by atoms with Gasteiger partial charge in [-0.2, -0.15) is 0 Å². The van der Waals surface area contributed by atoms with Crippen LogP contribution < -0.4 is 5.32 Å². The van der Waals surface area contributed by atoms with Gasteiger partial charge >= 0.3 is 0 Å². The highest BCUT2D eigenvalue weighted by atomic mass is 32.1. The quantitative estimate of drug-likeness (QED) is 0.556. The van der Waals surface area contributed by atoms with E-state index < -0.39 is 0 Å². The third kappa shape index (κ3) is 6.14. The van der Waals surface area contributed by atoms with E-state index in [0.29, 0.717) is 11.7 Å². The average molecular weight is 459 g/mol. The summed E-state index contributed by atoms with van der Waals surface area (Å²) in [6.07, 6.45) is 0.206. The Kier molecular flexibility index (Phi) is 7.36. The molecule has 3 heterocycles. The number of carbonyl (C=O) groups is 1. The predicted octanol–water partition coefficient (Wildman–Crippen LogP) is 2.74. The minimum Gasteiger partial charge on any atom is -0.377 e. The van der Waals surface area contributed by atoms with Crippen molar-refractivity contribution in [2.45, 2.75) is 19.6 Å². The number of methoxy groups -OCH3 is 1. The molecule has 8 nitrogen and oxygen atoms in total. The molecule has 0 unspecified atom stereocenters. The van der Waals surface area contributed by atoms with Crippen LogP contribution in [0.15, 0.2) is 29.6 Å². The number of carbonyl (C=O) groups excluding carboxylic acids is 1. The van der Waals surface area contributed by atoms with Crippen molar-refractivity contribution in [3.63, 3.8) is 0 Å². The van der Waals surface area contributed by atoms with E-state index in [1.165, 1.54) is 16.9 Å². The van der Waals surface area contributed by atoms with E-state index in [1.54, 1.807) is 18.4 Å². The molecule has 0 spiro atoms. The number of ether oxygens (including phenoxy) is 1. The van der Waals surface area contributed by atoms with Crippen LogP contribution in [0.3, 0.4) is 0 Å². The highest BCUT2D eigenvalue weighted by Gasteiger charge is 2.15. The first-order valence-corrected chi connectivity index (χ1v) is 11.8. The molecule has 164 valence electrons. The summed E-state index contributed by atoms with van der Waals surface area (Å²) in [5.74, 6) is -0.153. The number of piperazine rings is 1. The van der Waals surface area contributed by atoms with Crippen molar-refractivity contribution in [3.05, 3.63) is 45.9 Å². The number of thiazole rings is 1. The Labute approximate surface area is 189 Å². The van der Waals surface area contributed by atoms with Gasteiger partial charge in [-0.15, -0.1) is 21.5 Å². The number of likely N-dealkylation sites (N-methyl/N-ethyl adjacent to an activating group) is 1. The first kappa shape index (κ1) is 22.0. The molecular weight excluding hydrogens is 432 g/mol. The van der Waals surface area contributed by atoms with Crippen LogP contribution in [-0.4, -0.2) is 71.2 Å². The maximum atomic E-state index is 12.3. The molecule has 31 heavy (non-hydrogen) atoms. The Balaban J connectivity index is 1.31. The highest BCUT2D eigenvalue weighted by molar-refractivity contribution is 7.15. The second-order valence-corrected chi connectivity index (χ2v) is 9.50. The number of nitrogens with zero attached hydrogens (tertiary/aromatic N) is 5. The van der Waals surface area contributed by atoms with Crippen molar-refractivity contribution in [1.82, 2.24) is 25.0 Å². The van der Waals surface area contributed by atoms with Crippen LogP contribution >= 0.6 is 22.7 Å². The van der Waals surface area contributed by atoms with Gasteiger partial charge in [-0.1, -0.05) is 35.6 Å². The van der Waals surface area contributed by atoms with Gasteiger partial charge in [0, 0.05) is 50.8 Å². The van der Waals surface area contributed by atoms with Crippen LogP contribution in [0.4, 0.5) is 5.13 Å². The van der Waals surface area contributed by atoms with Gasteiger partial charge in [0.1, 0.15) is 16.6 Å². The zero-order valence-electron chi connectivity index (χ0n) is 17.7. The Morgan fingerprint density at radius 3 is 2.68 bits per heavy atom. The van der Waals surface area contributed by atoms with Gasteiger partial charge < -0.3 is 15.0 Å². The highest BCUT2D eigenvalue weighted by Crippen LogP contribution is 2.25. The molecule has 1 saturated heterocycles. The number of nitrogens with one attached hydrogen (secondary N) is 1. The summed E-state index contributed by atoms with van der Waals surface area (Å²) in [6, 6.07) is 8.59. The van der Waals surface area contributed by atoms with E-state index in [0.717, 1.165) is 54.0 Å². The molecule has 0 saturated carbocycles. The number of amides is 1. The molecule has 0 bridgehead atoms. The van der Waals surface area contributed by atoms with Crippen molar-refractivity contribution in [2.24, 2.45) is 0 Å².